The fourth-order valence-electron chi connectivity index (χ4n) is 3.90. The van der Waals surface area contributed by atoms with Crippen LogP contribution in [0.15, 0.2) is 42.1 Å². The lowest BCUT2D eigenvalue weighted by Gasteiger charge is -2.34. The van der Waals surface area contributed by atoms with Gasteiger partial charge in [-0.25, -0.2) is 18.7 Å². The zero-order valence-electron chi connectivity index (χ0n) is 16.5. The molecule has 1 aromatic heterocycles. The van der Waals surface area contributed by atoms with E-state index in [-0.39, 0.29) is 11.9 Å². The summed E-state index contributed by atoms with van der Waals surface area (Å²) in [4.78, 5) is 12.0. The van der Waals surface area contributed by atoms with E-state index in [1.807, 2.05) is 18.2 Å². The molecule has 0 saturated carbocycles. The number of hydrogen-bond donors (Lipinski definition) is 2. The number of fused-ring (bicyclic) bond motifs is 1. The summed E-state index contributed by atoms with van der Waals surface area (Å²) in [6.45, 7) is 3.08. The number of piperidine rings is 1. The van der Waals surface area contributed by atoms with Crippen LogP contribution in [0.4, 0.5) is 20.4 Å². The van der Waals surface area contributed by atoms with E-state index < -0.39 is 11.6 Å². The number of nitrogens with one attached hydrogen (secondary N) is 2. The Balaban J connectivity index is 1.31. The van der Waals surface area contributed by atoms with Crippen LogP contribution < -0.4 is 20.3 Å². The van der Waals surface area contributed by atoms with Crippen LogP contribution in [0.1, 0.15) is 24.2 Å². The highest BCUT2D eigenvalue weighted by atomic mass is 19.1. The first-order valence-electron chi connectivity index (χ1n) is 10.3. The molecule has 0 spiro atoms. The number of anilines is 2. The van der Waals surface area contributed by atoms with Gasteiger partial charge in [0, 0.05) is 57.2 Å². The summed E-state index contributed by atoms with van der Waals surface area (Å²) in [6.07, 6.45) is 8.16. The normalized spacial score (nSPS) is 18.5. The smallest absolute Gasteiger partial charge is 0.174 e. The molecule has 1 aliphatic carbocycles. The lowest BCUT2D eigenvalue weighted by molar-refractivity contribution is 0.163. The van der Waals surface area contributed by atoms with Crippen molar-refractivity contribution in [3.8, 4) is 5.75 Å². The highest BCUT2D eigenvalue weighted by molar-refractivity contribution is 5.66. The van der Waals surface area contributed by atoms with Crippen molar-refractivity contribution < 1.29 is 13.5 Å². The lowest BCUT2D eigenvalue weighted by atomic mass is 10.1. The molecule has 0 amide bonds. The lowest BCUT2D eigenvalue weighted by Crippen LogP contribution is -2.40. The van der Waals surface area contributed by atoms with Crippen LogP contribution in [0.25, 0.3) is 0 Å². The number of hydrogen-bond acceptors (Lipinski definition) is 6. The Labute approximate surface area is 173 Å². The molecule has 30 heavy (non-hydrogen) atoms. The zero-order valence-corrected chi connectivity index (χ0v) is 16.5. The molecule has 2 N–H and O–H groups in total. The van der Waals surface area contributed by atoms with Gasteiger partial charge in [-0.2, -0.15) is 0 Å². The van der Waals surface area contributed by atoms with Gasteiger partial charge in [0.1, 0.15) is 11.9 Å². The topological polar surface area (TPSA) is 62.3 Å². The van der Waals surface area contributed by atoms with E-state index in [1.165, 1.54) is 12.1 Å². The first-order valence-corrected chi connectivity index (χ1v) is 10.3. The van der Waals surface area contributed by atoms with E-state index in [0.29, 0.717) is 0 Å². The van der Waals surface area contributed by atoms with Crippen molar-refractivity contribution in [3.05, 3.63) is 65.1 Å². The minimum Gasteiger partial charge on any atom is -0.487 e. The van der Waals surface area contributed by atoms with E-state index in [1.54, 1.807) is 0 Å². The van der Waals surface area contributed by atoms with E-state index in [9.17, 15) is 8.78 Å². The molecule has 2 aliphatic heterocycles. The molecule has 6 nitrogen and oxygen atoms in total. The average molecular weight is 411 g/mol. The number of nitrogens with zero attached hydrogens (tertiary/aromatic N) is 3. The van der Waals surface area contributed by atoms with Gasteiger partial charge in [-0.3, -0.25) is 0 Å². The predicted molar refractivity (Wildman–Crippen MR) is 111 cm³/mol. The first-order chi connectivity index (χ1) is 14.7. The molecule has 3 heterocycles. The molecule has 0 bridgehead atoms. The van der Waals surface area contributed by atoms with E-state index in [2.05, 4.69) is 15.5 Å². The monoisotopic (exact) mass is 411 g/mol. The summed E-state index contributed by atoms with van der Waals surface area (Å²) in [5, 5.41) is 6.72. The second-order valence-electron chi connectivity index (χ2n) is 7.70. The Morgan fingerprint density at radius 2 is 1.97 bits per heavy atom. The van der Waals surface area contributed by atoms with Gasteiger partial charge in [-0.15, -0.1) is 0 Å². The third kappa shape index (κ3) is 3.87. The molecule has 0 unspecified atom stereocenters. The summed E-state index contributed by atoms with van der Waals surface area (Å²) < 4.78 is 32.8. The number of ether oxygens (including phenoxy) is 1. The third-order valence-corrected chi connectivity index (χ3v) is 5.61. The summed E-state index contributed by atoms with van der Waals surface area (Å²) in [5.41, 5.74) is 3.04. The molecule has 0 atom stereocenters. The van der Waals surface area contributed by atoms with Crippen LogP contribution in [-0.2, 0) is 13.0 Å². The van der Waals surface area contributed by atoms with Crippen molar-refractivity contribution in [1.29, 1.82) is 0 Å². The van der Waals surface area contributed by atoms with Gasteiger partial charge < -0.3 is 20.3 Å². The van der Waals surface area contributed by atoms with Crippen LogP contribution in [0.2, 0.25) is 0 Å². The van der Waals surface area contributed by atoms with Crippen LogP contribution in [0, 0.1) is 11.6 Å². The number of halogens is 2. The van der Waals surface area contributed by atoms with E-state index in [4.69, 9.17) is 14.7 Å². The Hall–Kier alpha value is -3.00. The maximum atomic E-state index is 13.9. The van der Waals surface area contributed by atoms with Crippen LogP contribution >= 0.6 is 0 Å². The predicted octanol–water partition coefficient (Wildman–Crippen LogP) is 3.31. The van der Waals surface area contributed by atoms with Crippen LogP contribution in [-0.4, -0.2) is 35.7 Å². The molecule has 1 fully saturated rings. The second-order valence-corrected chi connectivity index (χ2v) is 7.70. The van der Waals surface area contributed by atoms with Gasteiger partial charge in [0.25, 0.3) is 0 Å². The standard InChI is InChI=1S/C22H23F2N5O/c23-14-4-5-20(17(24)12-14)30-16-7-10-29(11-8-16)22-21(26-15-2-1-3-15)27-19-13-25-9-6-18(19)28-22/h1-5,12,16,25H,6-11,13H2,(H,26,27). The highest BCUT2D eigenvalue weighted by Gasteiger charge is 2.27. The largest absolute Gasteiger partial charge is 0.487 e. The molecule has 3 aliphatic rings. The molecule has 2 aromatic rings. The number of rotatable bonds is 5. The molecule has 1 saturated heterocycles. The maximum Gasteiger partial charge on any atom is 0.174 e. The molecular formula is C22H23F2N5O. The van der Waals surface area contributed by atoms with Crippen molar-refractivity contribution in [2.24, 2.45) is 0 Å². The summed E-state index contributed by atoms with van der Waals surface area (Å²) >= 11 is 0. The molecule has 156 valence electrons. The minimum absolute atomic E-state index is 0.0991. The second kappa shape index (κ2) is 8.02. The van der Waals surface area contributed by atoms with Crippen molar-refractivity contribution in [2.45, 2.75) is 31.9 Å². The Morgan fingerprint density at radius 1 is 1.13 bits per heavy atom. The van der Waals surface area contributed by atoms with Gasteiger partial charge in [0.05, 0.1) is 11.4 Å². The van der Waals surface area contributed by atoms with Crippen molar-refractivity contribution in [2.75, 3.05) is 29.9 Å². The maximum absolute atomic E-state index is 13.9. The first kappa shape index (κ1) is 19.0. The molecule has 1 aromatic carbocycles. The van der Waals surface area contributed by atoms with Gasteiger partial charge in [0.2, 0.25) is 0 Å². The molecular weight excluding hydrogens is 388 g/mol. The quantitative estimate of drug-likeness (QED) is 0.787. The van der Waals surface area contributed by atoms with Crippen LogP contribution in [0.3, 0.4) is 0 Å². The fraction of sp³-hybridized carbons (Fsp3) is 0.364. The molecule has 5 rings (SSSR count). The summed E-state index contributed by atoms with van der Waals surface area (Å²) in [6, 6.07) is 3.41. The van der Waals surface area contributed by atoms with Gasteiger partial charge in [-0.1, -0.05) is 6.08 Å². The van der Waals surface area contributed by atoms with Crippen molar-refractivity contribution in [3.63, 3.8) is 0 Å². The van der Waals surface area contributed by atoms with Crippen molar-refractivity contribution in [1.82, 2.24) is 15.3 Å². The fourth-order valence-corrected chi connectivity index (χ4v) is 3.90. The van der Waals surface area contributed by atoms with Crippen molar-refractivity contribution >= 4 is 11.6 Å². The average Bonchev–Trinajstić information content (AvgIpc) is 2.73. The minimum atomic E-state index is -0.667. The van der Waals surface area contributed by atoms with Crippen LogP contribution in [0.5, 0.6) is 5.75 Å². The third-order valence-electron chi connectivity index (χ3n) is 5.61. The zero-order chi connectivity index (χ0) is 20.5. The number of allylic oxidation sites excluding steroid dienone is 3. The highest BCUT2D eigenvalue weighted by Crippen LogP contribution is 2.30. The van der Waals surface area contributed by atoms with E-state index in [0.717, 1.165) is 80.2 Å². The number of aromatic nitrogens is 2. The summed E-state index contributed by atoms with van der Waals surface area (Å²) in [7, 11) is 0. The van der Waals surface area contributed by atoms with Gasteiger partial charge >= 0.3 is 0 Å². The SMILES string of the molecule is Fc1ccc(OC2CCN(c3nc4c(nc3NC3=CC=C3)CNCC4)CC2)c(F)c1. The van der Waals surface area contributed by atoms with E-state index >= 15 is 0 Å². The molecule has 8 heteroatoms. The Morgan fingerprint density at radius 3 is 2.70 bits per heavy atom. The number of benzene rings is 1. The Bertz CT molecular complexity index is 1010. The summed E-state index contributed by atoms with van der Waals surface area (Å²) in [5.74, 6) is 0.439. The van der Waals surface area contributed by atoms with Gasteiger partial charge in [0.15, 0.2) is 23.2 Å². The van der Waals surface area contributed by atoms with Gasteiger partial charge in [-0.05, 0) is 24.3 Å². The molecule has 0 radical (unpaired) electrons. The Kier molecular flexibility index (Phi) is 5.08.